The largest absolute Gasteiger partial charge is 1.00 e. The molecule has 0 aliphatic heterocycles. The van der Waals surface area contributed by atoms with Crippen LogP contribution in [0.4, 0.5) is 0 Å². The van der Waals surface area contributed by atoms with Gasteiger partial charge in [-0.2, -0.15) is 0 Å². The molecule has 0 spiro atoms. The molecule has 1 N–H and O–H groups in total. The Hall–Kier alpha value is 0.576. The summed E-state index contributed by atoms with van der Waals surface area (Å²) in [4.78, 5) is 17.0. The zero-order valence-corrected chi connectivity index (χ0v) is 11.2. The van der Waals surface area contributed by atoms with Crippen molar-refractivity contribution in [1.82, 2.24) is 9.97 Å². The van der Waals surface area contributed by atoms with Crippen molar-refractivity contribution >= 4 is 30.4 Å². The summed E-state index contributed by atoms with van der Waals surface area (Å²) < 4.78 is 0.914. The number of aromatic nitrogens is 2. The van der Waals surface area contributed by atoms with Crippen LogP contribution in [-0.4, -0.2) is 30.4 Å². The number of aromatic amines is 1. The molecule has 0 fully saturated rings. The Bertz CT molecular complexity index is 380. The predicted octanol–water partition coefficient (Wildman–Crippen LogP) is -4.01. The standard InChI is InChI=1S/C6H4N2O2Se.K/c9-6(10)4-1-3-5(8-4)11-2-7-3;/h1-2,8H,(H,9,10);/q;+1/p-1. The van der Waals surface area contributed by atoms with Crippen molar-refractivity contribution < 1.29 is 61.3 Å². The van der Waals surface area contributed by atoms with E-state index in [0.29, 0.717) is 0 Å². The summed E-state index contributed by atoms with van der Waals surface area (Å²) in [5.41, 5.74) is 0.859. The van der Waals surface area contributed by atoms with Crippen LogP contribution in [0.25, 0.3) is 9.91 Å². The van der Waals surface area contributed by atoms with E-state index in [0.717, 1.165) is 9.91 Å². The molecule has 0 saturated heterocycles. The first-order chi connectivity index (χ1) is 5.27. The van der Waals surface area contributed by atoms with Crippen LogP contribution in [0.2, 0.25) is 0 Å². The van der Waals surface area contributed by atoms with Crippen molar-refractivity contribution in [3.63, 3.8) is 0 Å². The molecule has 0 unspecified atom stereocenters. The molecule has 0 atom stereocenters. The van der Waals surface area contributed by atoms with Crippen LogP contribution in [0.5, 0.6) is 0 Å². The minimum Gasteiger partial charge on any atom is 1.00 e. The van der Waals surface area contributed by atoms with Crippen LogP contribution in [0.15, 0.2) is 11.1 Å². The van der Waals surface area contributed by atoms with Crippen LogP contribution in [0.3, 0.4) is 0 Å². The molecule has 2 aromatic rings. The number of nitrogens with zero attached hydrogens (tertiary/aromatic N) is 1. The van der Waals surface area contributed by atoms with Gasteiger partial charge in [0.1, 0.15) is 0 Å². The number of fused-ring (bicyclic) bond motifs is 1. The monoisotopic (exact) mass is 254 g/mol. The maximum Gasteiger partial charge on any atom is 1.00 e. The molecule has 56 valence electrons. The topological polar surface area (TPSA) is 68.8 Å². The van der Waals surface area contributed by atoms with E-state index in [2.05, 4.69) is 9.97 Å². The Labute approximate surface area is 117 Å². The van der Waals surface area contributed by atoms with Gasteiger partial charge in [0.15, 0.2) is 0 Å². The van der Waals surface area contributed by atoms with Gasteiger partial charge in [-0.1, -0.05) is 0 Å². The van der Waals surface area contributed by atoms with Gasteiger partial charge >= 0.3 is 118 Å². The SMILES string of the molecule is O=C([O-])c1cc2nc[se]c2[nH]1.[K+]. The van der Waals surface area contributed by atoms with Crippen LogP contribution in [0, 0.1) is 0 Å². The van der Waals surface area contributed by atoms with E-state index in [4.69, 9.17) is 0 Å². The molecule has 0 aromatic carbocycles. The van der Waals surface area contributed by atoms with Gasteiger partial charge < -0.3 is 0 Å². The summed E-state index contributed by atoms with van der Waals surface area (Å²) >= 11 is 0.170. The van der Waals surface area contributed by atoms with E-state index in [1.165, 1.54) is 6.07 Å². The Morgan fingerprint density at radius 2 is 2.42 bits per heavy atom. The van der Waals surface area contributed by atoms with Crippen molar-refractivity contribution in [1.29, 1.82) is 0 Å². The average Bonchev–Trinajstić information content (AvgIpc) is 2.40. The molecule has 0 aliphatic rings. The number of H-pyrrole nitrogens is 1. The zero-order valence-electron chi connectivity index (χ0n) is 6.33. The fourth-order valence-electron chi connectivity index (χ4n) is 0.856. The van der Waals surface area contributed by atoms with Crippen LogP contribution in [0.1, 0.15) is 10.5 Å². The average molecular weight is 253 g/mol. The number of carbonyl (C=O) groups excluding carboxylic acids is 1. The first-order valence-corrected chi connectivity index (χ1v) is 4.75. The van der Waals surface area contributed by atoms with Crippen LogP contribution >= 0.6 is 0 Å². The zero-order chi connectivity index (χ0) is 7.84. The Balaban J connectivity index is 0.000000720. The van der Waals surface area contributed by atoms with E-state index >= 15 is 0 Å². The van der Waals surface area contributed by atoms with Gasteiger partial charge in [0.2, 0.25) is 0 Å². The van der Waals surface area contributed by atoms with Crippen LogP contribution < -0.4 is 56.5 Å². The fourth-order valence-corrected chi connectivity index (χ4v) is 2.27. The van der Waals surface area contributed by atoms with E-state index in [-0.39, 0.29) is 71.6 Å². The van der Waals surface area contributed by atoms with Gasteiger partial charge in [-0.15, -0.1) is 0 Å². The number of rotatable bonds is 1. The summed E-state index contributed by atoms with van der Waals surface area (Å²) in [7, 11) is 0. The molecule has 0 saturated carbocycles. The molecular weight excluding hydrogens is 250 g/mol. The Morgan fingerprint density at radius 3 is 3.00 bits per heavy atom. The Morgan fingerprint density at radius 1 is 1.67 bits per heavy atom. The number of carboxylic acid groups (broad SMARTS) is 1. The number of carbonyl (C=O) groups is 1. The third-order valence-corrected chi connectivity index (χ3v) is 2.93. The second kappa shape index (κ2) is 4.19. The summed E-state index contributed by atoms with van der Waals surface area (Å²) in [6, 6.07) is 1.50. The van der Waals surface area contributed by atoms with E-state index in [9.17, 15) is 9.90 Å². The van der Waals surface area contributed by atoms with Crippen molar-refractivity contribution in [2.75, 3.05) is 0 Å². The van der Waals surface area contributed by atoms with Crippen LogP contribution in [-0.2, 0) is 0 Å². The molecule has 6 heteroatoms. The molecule has 12 heavy (non-hydrogen) atoms. The van der Waals surface area contributed by atoms with Gasteiger partial charge in [0, 0.05) is 0 Å². The fraction of sp³-hybridized carbons (Fsp3) is 0. The summed E-state index contributed by atoms with van der Waals surface area (Å²) in [5, 5.41) is 12.1. The first-order valence-electron chi connectivity index (χ1n) is 2.91. The number of nitrogens with one attached hydrogen (secondary N) is 1. The third kappa shape index (κ3) is 1.90. The maximum absolute atomic E-state index is 10.3. The number of aromatic carboxylic acids is 1. The smallest absolute Gasteiger partial charge is 1.00 e. The summed E-state index contributed by atoms with van der Waals surface area (Å²) in [6.07, 6.45) is 0. The summed E-state index contributed by atoms with van der Waals surface area (Å²) in [5.74, 6) is -1.18. The molecule has 4 nitrogen and oxygen atoms in total. The predicted molar refractivity (Wildman–Crippen MR) is 37.4 cm³/mol. The van der Waals surface area contributed by atoms with E-state index in [1.807, 2.05) is 0 Å². The minimum absolute atomic E-state index is 0. The molecule has 2 heterocycles. The van der Waals surface area contributed by atoms with E-state index in [1.54, 1.807) is 5.07 Å². The molecule has 0 amide bonds. The van der Waals surface area contributed by atoms with Gasteiger partial charge in [0.05, 0.1) is 0 Å². The second-order valence-electron chi connectivity index (χ2n) is 2.04. The van der Waals surface area contributed by atoms with Gasteiger partial charge in [0.25, 0.3) is 0 Å². The quantitative estimate of drug-likeness (QED) is 0.526. The maximum atomic E-state index is 10.3. The summed E-state index contributed by atoms with van der Waals surface area (Å²) in [6.45, 7) is 0. The molecule has 0 bridgehead atoms. The number of carboxylic acids is 1. The molecule has 2 aromatic heterocycles. The Kier molecular flexibility index (Phi) is 3.72. The van der Waals surface area contributed by atoms with Crippen molar-refractivity contribution in [3.05, 3.63) is 16.8 Å². The molecular formula is C6H3KN2O2Se. The van der Waals surface area contributed by atoms with Gasteiger partial charge in [-0.05, 0) is 0 Å². The molecule has 0 aliphatic carbocycles. The number of hydrogen-bond donors (Lipinski definition) is 1. The van der Waals surface area contributed by atoms with Gasteiger partial charge in [-0.25, -0.2) is 0 Å². The van der Waals surface area contributed by atoms with Crippen molar-refractivity contribution in [2.45, 2.75) is 0 Å². The molecule has 0 radical (unpaired) electrons. The van der Waals surface area contributed by atoms with E-state index < -0.39 is 5.97 Å². The van der Waals surface area contributed by atoms with Crippen molar-refractivity contribution in [2.24, 2.45) is 0 Å². The second-order valence-corrected chi connectivity index (χ2v) is 3.83. The third-order valence-electron chi connectivity index (χ3n) is 1.34. The number of hydrogen-bond acceptors (Lipinski definition) is 3. The normalized spacial score (nSPS) is 9.67. The minimum atomic E-state index is -1.18. The molecule has 2 rings (SSSR count). The van der Waals surface area contributed by atoms with Gasteiger partial charge in [-0.3, -0.25) is 0 Å². The first kappa shape index (κ1) is 10.7. The van der Waals surface area contributed by atoms with Crippen molar-refractivity contribution in [3.8, 4) is 0 Å².